The van der Waals surface area contributed by atoms with Crippen molar-refractivity contribution in [3.05, 3.63) is 65.2 Å². The normalized spacial score (nSPS) is 15.2. The number of nitrogens with zero attached hydrogens (tertiary/aromatic N) is 1. The zero-order chi connectivity index (χ0) is 20.7. The Morgan fingerprint density at radius 3 is 2.66 bits per heavy atom. The third-order valence-corrected chi connectivity index (χ3v) is 7.66. The largest absolute Gasteiger partial charge is 0.379 e. The van der Waals surface area contributed by atoms with Gasteiger partial charge in [-0.05, 0) is 36.2 Å². The quantitative estimate of drug-likeness (QED) is 0.647. The molecule has 0 unspecified atom stereocenters. The standard InChI is InChI=1S/C21H26N2O4S2/c1-17-5-2-3-6-19(17)16-28-14-9-22-21(24)18-7-4-8-20(15-18)29(25,26)23-10-12-27-13-11-23/h2-8,15H,9-14,16H2,1H3,(H,22,24). The monoisotopic (exact) mass is 434 g/mol. The summed E-state index contributed by atoms with van der Waals surface area (Å²) >= 11 is 1.75. The van der Waals surface area contributed by atoms with Crippen LogP contribution in [0.1, 0.15) is 21.5 Å². The van der Waals surface area contributed by atoms with Gasteiger partial charge in [-0.3, -0.25) is 4.79 Å². The first kappa shape index (κ1) is 21.8. The second-order valence-corrected chi connectivity index (χ2v) is 9.82. The highest BCUT2D eigenvalue weighted by Crippen LogP contribution is 2.19. The van der Waals surface area contributed by atoms with Gasteiger partial charge in [0.15, 0.2) is 0 Å². The Hall–Kier alpha value is -1.87. The number of carbonyl (C=O) groups is 1. The number of aryl methyl sites for hydroxylation is 1. The van der Waals surface area contributed by atoms with E-state index in [2.05, 4.69) is 24.4 Å². The third-order valence-electron chi connectivity index (χ3n) is 4.75. The molecule has 0 aliphatic carbocycles. The maximum Gasteiger partial charge on any atom is 0.251 e. The number of morpholine rings is 1. The Balaban J connectivity index is 1.52. The van der Waals surface area contributed by atoms with Gasteiger partial charge in [-0.25, -0.2) is 8.42 Å². The van der Waals surface area contributed by atoms with Crippen LogP contribution in [0.15, 0.2) is 53.4 Å². The van der Waals surface area contributed by atoms with Crippen molar-refractivity contribution >= 4 is 27.7 Å². The summed E-state index contributed by atoms with van der Waals surface area (Å²) in [5.41, 5.74) is 2.91. The summed E-state index contributed by atoms with van der Waals surface area (Å²) in [7, 11) is -3.61. The maximum atomic E-state index is 12.8. The maximum absolute atomic E-state index is 12.8. The number of nitrogens with one attached hydrogen (secondary N) is 1. The lowest BCUT2D eigenvalue weighted by molar-refractivity contribution is 0.0730. The van der Waals surface area contributed by atoms with E-state index in [9.17, 15) is 13.2 Å². The highest BCUT2D eigenvalue weighted by atomic mass is 32.2. The number of hydrogen-bond acceptors (Lipinski definition) is 5. The van der Waals surface area contributed by atoms with Crippen LogP contribution in [-0.2, 0) is 20.5 Å². The first-order valence-corrected chi connectivity index (χ1v) is 12.2. The van der Waals surface area contributed by atoms with E-state index in [1.807, 2.05) is 12.1 Å². The molecule has 156 valence electrons. The molecule has 1 N–H and O–H groups in total. The highest BCUT2D eigenvalue weighted by molar-refractivity contribution is 7.98. The van der Waals surface area contributed by atoms with E-state index in [1.54, 1.807) is 23.9 Å². The fourth-order valence-corrected chi connectivity index (χ4v) is 5.42. The fraction of sp³-hybridized carbons (Fsp3) is 0.381. The van der Waals surface area contributed by atoms with Crippen LogP contribution >= 0.6 is 11.8 Å². The molecule has 0 aromatic heterocycles. The molecule has 2 aromatic rings. The molecule has 1 amide bonds. The number of ether oxygens (including phenoxy) is 1. The number of sulfonamides is 1. The van der Waals surface area contributed by atoms with Crippen molar-refractivity contribution in [1.29, 1.82) is 0 Å². The summed E-state index contributed by atoms with van der Waals surface area (Å²) in [5, 5.41) is 2.87. The smallest absolute Gasteiger partial charge is 0.251 e. The van der Waals surface area contributed by atoms with E-state index in [0.717, 1.165) is 11.5 Å². The Bertz CT molecular complexity index is 941. The molecule has 1 saturated heterocycles. The second-order valence-electron chi connectivity index (χ2n) is 6.78. The van der Waals surface area contributed by atoms with Gasteiger partial charge in [-0.1, -0.05) is 30.3 Å². The zero-order valence-corrected chi connectivity index (χ0v) is 18.1. The van der Waals surface area contributed by atoms with Crippen LogP contribution in [0, 0.1) is 6.92 Å². The Morgan fingerprint density at radius 2 is 1.90 bits per heavy atom. The van der Waals surface area contributed by atoms with Crippen LogP contribution in [0.3, 0.4) is 0 Å². The van der Waals surface area contributed by atoms with Crippen molar-refractivity contribution in [3.8, 4) is 0 Å². The molecule has 3 rings (SSSR count). The number of amides is 1. The zero-order valence-electron chi connectivity index (χ0n) is 16.5. The van der Waals surface area contributed by atoms with Crippen molar-refractivity contribution in [2.24, 2.45) is 0 Å². The lowest BCUT2D eigenvalue weighted by Crippen LogP contribution is -2.40. The number of carbonyl (C=O) groups excluding carboxylic acids is 1. The van der Waals surface area contributed by atoms with E-state index in [0.29, 0.717) is 38.4 Å². The average Bonchev–Trinajstić information content (AvgIpc) is 2.75. The van der Waals surface area contributed by atoms with Gasteiger partial charge >= 0.3 is 0 Å². The van der Waals surface area contributed by atoms with Gasteiger partial charge in [0.2, 0.25) is 10.0 Å². The van der Waals surface area contributed by atoms with Crippen LogP contribution in [-0.4, -0.2) is 57.2 Å². The summed E-state index contributed by atoms with van der Waals surface area (Å²) in [5.74, 6) is 1.42. The van der Waals surface area contributed by atoms with Crippen molar-refractivity contribution in [1.82, 2.24) is 9.62 Å². The van der Waals surface area contributed by atoms with Crippen LogP contribution in [0.5, 0.6) is 0 Å². The number of benzene rings is 2. The van der Waals surface area contributed by atoms with Crippen molar-refractivity contribution in [3.63, 3.8) is 0 Å². The molecule has 0 atom stereocenters. The molecular weight excluding hydrogens is 408 g/mol. The van der Waals surface area contributed by atoms with Crippen LogP contribution < -0.4 is 5.32 Å². The lowest BCUT2D eigenvalue weighted by Gasteiger charge is -2.26. The summed E-state index contributed by atoms with van der Waals surface area (Å²) in [6.45, 7) is 4.05. The second kappa shape index (κ2) is 10.2. The Labute approximate surface area is 176 Å². The molecule has 29 heavy (non-hydrogen) atoms. The van der Waals surface area contributed by atoms with E-state index in [-0.39, 0.29) is 10.8 Å². The summed E-state index contributed by atoms with van der Waals surface area (Å²) < 4.78 is 32.1. The molecule has 0 bridgehead atoms. The number of thioether (sulfide) groups is 1. The predicted molar refractivity (Wildman–Crippen MR) is 116 cm³/mol. The van der Waals surface area contributed by atoms with Crippen LogP contribution in [0.4, 0.5) is 0 Å². The molecule has 1 aliphatic heterocycles. The van der Waals surface area contributed by atoms with Crippen LogP contribution in [0.25, 0.3) is 0 Å². The fourth-order valence-electron chi connectivity index (χ4n) is 3.03. The highest BCUT2D eigenvalue weighted by Gasteiger charge is 2.26. The van der Waals surface area contributed by atoms with Crippen molar-refractivity contribution in [2.45, 2.75) is 17.6 Å². The van der Waals surface area contributed by atoms with Gasteiger partial charge in [0.25, 0.3) is 5.91 Å². The van der Waals surface area contributed by atoms with Gasteiger partial charge < -0.3 is 10.1 Å². The van der Waals surface area contributed by atoms with Crippen LogP contribution in [0.2, 0.25) is 0 Å². The van der Waals surface area contributed by atoms with E-state index in [4.69, 9.17) is 4.74 Å². The average molecular weight is 435 g/mol. The molecule has 0 saturated carbocycles. The van der Waals surface area contributed by atoms with Gasteiger partial charge in [0.1, 0.15) is 0 Å². The molecular formula is C21H26N2O4S2. The first-order chi connectivity index (χ1) is 14.0. The molecule has 1 fully saturated rings. The van der Waals surface area contributed by atoms with Crippen molar-refractivity contribution in [2.75, 3.05) is 38.6 Å². The minimum atomic E-state index is -3.61. The number of rotatable bonds is 8. The molecule has 2 aromatic carbocycles. The molecule has 1 heterocycles. The molecule has 1 aliphatic rings. The molecule has 6 nitrogen and oxygen atoms in total. The van der Waals surface area contributed by atoms with Gasteiger partial charge in [-0.15, -0.1) is 0 Å². The van der Waals surface area contributed by atoms with E-state index in [1.165, 1.54) is 27.6 Å². The molecule has 0 spiro atoms. The van der Waals surface area contributed by atoms with Gasteiger partial charge in [0.05, 0.1) is 18.1 Å². The third kappa shape index (κ3) is 5.82. The molecule has 0 radical (unpaired) electrons. The van der Waals surface area contributed by atoms with Gasteiger partial charge in [-0.2, -0.15) is 16.1 Å². The van der Waals surface area contributed by atoms with E-state index >= 15 is 0 Å². The first-order valence-electron chi connectivity index (χ1n) is 9.57. The topological polar surface area (TPSA) is 75.7 Å². The summed E-state index contributed by atoms with van der Waals surface area (Å²) in [6, 6.07) is 14.5. The lowest BCUT2D eigenvalue weighted by atomic mass is 10.1. The SMILES string of the molecule is Cc1ccccc1CSCCNC(=O)c1cccc(S(=O)(=O)N2CCOCC2)c1. The molecule has 8 heteroatoms. The van der Waals surface area contributed by atoms with Crippen molar-refractivity contribution < 1.29 is 17.9 Å². The Kier molecular flexibility index (Phi) is 7.71. The minimum absolute atomic E-state index is 0.140. The summed E-state index contributed by atoms with van der Waals surface area (Å²) in [6.07, 6.45) is 0. The minimum Gasteiger partial charge on any atom is -0.379 e. The van der Waals surface area contributed by atoms with Gasteiger partial charge in [0, 0.05) is 36.7 Å². The predicted octanol–water partition coefficient (Wildman–Crippen LogP) is 2.68. The summed E-state index contributed by atoms with van der Waals surface area (Å²) in [4.78, 5) is 12.6. The Morgan fingerprint density at radius 1 is 1.14 bits per heavy atom. The van der Waals surface area contributed by atoms with E-state index < -0.39 is 10.0 Å². The number of hydrogen-bond donors (Lipinski definition) is 1.